The summed E-state index contributed by atoms with van der Waals surface area (Å²) in [7, 11) is 0. The van der Waals surface area contributed by atoms with E-state index in [0.29, 0.717) is 23.4 Å². The molecule has 6 unspecified atom stereocenters. The minimum atomic E-state index is 0.386. The van der Waals surface area contributed by atoms with Crippen LogP contribution in [-0.2, 0) is 0 Å². The SMILES string of the molecule is CC(C)CC(C)CCCC(C)C(C)NC(C)C(C)C(C)C(C)(C)C. The van der Waals surface area contributed by atoms with Gasteiger partial charge in [0.15, 0.2) is 0 Å². The van der Waals surface area contributed by atoms with Crippen LogP contribution in [0.3, 0.4) is 0 Å². The molecule has 0 amide bonds. The Labute approximate surface area is 154 Å². The number of rotatable bonds is 11. The molecule has 0 bridgehead atoms. The lowest BCUT2D eigenvalue weighted by molar-refractivity contribution is 0.148. The van der Waals surface area contributed by atoms with Crippen LogP contribution in [0.25, 0.3) is 0 Å². The highest BCUT2D eigenvalue weighted by molar-refractivity contribution is 4.83. The van der Waals surface area contributed by atoms with Crippen LogP contribution in [0.4, 0.5) is 0 Å². The van der Waals surface area contributed by atoms with E-state index < -0.39 is 0 Å². The van der Waals surface area contributed by atoms with Crippen molar-refractivity contribution in [2.75, 3.05) is 0 Å². The Bertz CT molecular complexity index is 314. The lowest BCUT2D eigenvalue weighted by atomic mass is 9.72. The van der Waals surface area contributed by atoms with Crippen LogP contribution in [0, 0.1) is 35.0 Å². The van der Waals surface area contributed by atoms with Gasteiger partial charge < -0.3 is 5.32 Å². The van der Waals surface area contributed by atoms with Gasteiger partial charge in [-0.05, 0) is 61.7 Å². The average molecular weight is 340 g/mol. The summed E-state index contributed by atoms with van der Waals surface area (Å²) in [4.78, 5) is 0. The highest BCUT2D eigenvalue weighted by atomic mass is 14.9. The van der Waals surface area contributed by atoms with Gasteiger partial charge in [-0.1, -0.05) is 75.2 Å². The van der Waals surface area contributed by atoms with Crippen LogP contribution in [0.2, 0.25) is 0 Å². The Balaban J connectivity index is 4.23. The second kappa shape index (κ2) is 10.8. The quantitative estimate of drug-likeness (QED) is 0.421. The molecule has 1 N–H and O–H groups in total. The van der Waals surface area contributed by atoms with E-state index in [-0.39, 0.29) is 0 Å². The maximum Gasteiger partial charge on any atom is 0.00696 e. The first kappa shape index (κ1) is 24.0. The fourth-order valence-corrected chi connectivity index (χ4v) is 3.91. The van der Waals surface area contributed by atoms with Gasteiger partial charge in [0.2, 0.25) is 0 Å². The van der Waals surface area contributed by atoms with Gasteiger partial charge in [-0.2, -0.15) is 0 Å². The van der Waals surface area contributed by atoms with E-state index in [9.17, 15) is 0 Å². The molecule has 0 saturated carbocycles. The highest BCUT2D eigenvalue weighted by Crippen LogP contribution is 2.33. The average Bonchev–Trinajstić information content (AvgIpc) is 2.43. The van der Waals surface area contributed by atoms with E-state index in [1.807, 2.05) is 0 Å². The first-order chi connectivity index (χ1) is 10.9. The third kappa shape index (κ3) is 9.44. The standard InChI is InChI=1S/C23H49N/c1-16(2)15-17(3)13-12-14-18(4)21(7)24-22(8)19(5)20(6)23(9,10)11/h16-22,24H,12-15H2,1-11H3. The normalized spacial score (nSPS) is 20.5. The van der Waals surface area contributed by atoms with E-state index >= 15 is 0 Å². The van der Waals surface area contributed by atoms with E-state index in [0.717, 1.165) is 23.7 Å². The molecule has 0 radical (unpaired) electrons. The van der Waals surface area contributed by atoms with Crippen molar-refractivity contribution in [2.24, 2.45) is 35.0 Å². The Morgan fingerprint density at radius 2 is 1.29 bits per heavy atom. The first-order valence-electron chi connectivity index (χ1n) is 10.6. The van der Waals surface area contributed by atoms with Crippen LogP contribution in [0.5, 0.6) is 0 Å². The van der Waals surface area contributed by atoms with Crippen molar-refractivity contribution in [3.8, 4) is 0 Å². The van der Waals surface area contributed by atoms with Crippen LogP contribution in [0.1, 0.15) is 102 Å². The van der Waals surface area contributed by atoms with Crippen LogP contribution in [0.15, 0.2) is 0 Å². The lowest BCUT2D eigenvalue weighted by Gasteiger charge is -2.38. The summed E-state index contributed by atoms with van der Waals surface area (Å²) < 4.78 is 0. The monoisotopic (exact) mass is 339 g/mol. The van der Waals surface area contributed by atoms with Crippen molar-refractivity contribution in [1.82, 2.24) is 5.32 Å². The molecule has 6 atom stereocenters. The fourth-order valence-electron chi connectivity index (χ4n) is 3.91. The van der Waals surface area contributed by atoms with Gasteiger partial charge >= 0.3 is 0 Å². The van der Waals surface area contributed by atoms with Gasteiger partial charge in [0.25, 0.3) is 0 Å². The Morgan fingerprint density at radius 3 is 1.75 bits per heavy atom. The Hall–Kier alpha value is -0.0400. The van der Waals surface area contributed by atoms with Crippen molar-refractivity contribution in [2.45, 2.75) is 114 Å². The van der Waals surface area contributed by atoms with Crippen molar-refractivity contribution in [1.29, 1.82) is 0 Å². The molecular formula is C23H49N. The van der Waals surface area contributed by atoms with Gasteiger partial charge in [-0.25, -0.2) is 0 Å². The summed E-state index contributed by atoms with van der Waals surface area (Å²) in [5, 5.41) is 3.90. The van der Waals surface area contributed by atoms with E-state index in [1.54, 1.807) is 0 Å². The minimum Gasteiger partial charge on any atom is -0.311 e. The maximum atomic E-state index is 3.90. The summed E-state index contributed by atoms with van der Waals surface area (Å²) in [6, 6.07) is 1.19. The van der Waals surface area contributed by atoms with Crippen molar-refractivity contribution in [3.05, 3.63) is 0 Å². The summed E-state index contributed by atoms with van der Waals surface area (Å²) in [5.74, 6) is 3.90. The molecular weight excluding hydrogens is 290 g/mol. The van der Waals surface area contributed by atoms with Crippen molar-refractivity contribution < 1.29 is 0 Å². The number of hydrogen-bond acceptors (Lipinski definition) is 1. The van der Waals surface area contributed by atoms with Crippen LogP contribution < -0.4 is 5.32 Å². The highest BCUT2D eigenvalue weighted by Gasteiger charge is 2.29. The van der Waals surface area contributed by atoms with Crippen LogP contribution >= 0.6 is 0 Å². The smallest absolute Gasteiger partial charge is 0.00696 e. The predicted octanol–water partition coefficient (Wildman–Crippen LogP) is 7.16. The zero-order valence-corrected chi connectivity index (χ0v) is 18.9. The molecule has 0 aliphatic rings. The minimum absolute atomic E-state index is 0.386. The molecule has 0 aliphatic carbocycles. The second-order valence-corrected chi connectivity index (χ2v) is 10.4. The number of hydrogen-bond donors (Lipinski definition) is 1. The summed E-state index contributed by atoms with van der Waals surface area (Å²) >= 11 is 0. The van der Waals surface area contributed by atoms with E-state index in [1.165, 1.54) is 25.7 Å². The van der Waals surface area contributed by atoms with Gasteiger partial charge in [-0.3, -0.25) is 0 Å². The van der Waals surface area contributed by atoms with Gasteiger partial charge in [0.05, 0.1) is 0 Å². The van der Waals surface area contributed by atoms with Gasteiger partial charge in [-0.15, -0.1) is 0 Å². The Morgan fingerprint density at radius 1 is 0.750 bits per heavy atom. The van der Waals surface area contributed by atoms with E-state index in [4.69, 9.17) is 0 Å². The second-order valence-electron chi connectivity index (χ2n) is 10.4. The molecule has 0 aromatic carbocycles. The molecule has 0 spiro atoms. The lowest BCUT2D eigenvalue weighted by Crippen LogP contribution is -2.45. The van der Waals surface area contributed by atoms with E-state index in [2.05, 4.69) is 81.5 Å². The molecule has 0 aromatic heterocycles. The Kier molecular flexibility index (Phi) is 10.8. The molecule has 24 heavy (non-hydrogen) atoms. The van der Waals surface area contributed by atoms with Gasteiger partial charge in [0, 0.05) is 12.1 Å². The molecule has 0 fully saturated rings. The van der Waals surface area contributed by atoms with Crippen molar-refractivity contribution in [3.63, 3.8) is 0 Å². The topological polar surface area (TPSA) is 12.0 Å². The molecule has 0 heterocycles. The molecule has 0 saturated heterocycles. The first-order valence-corrected chi connectivity index (χ1v) is 10.6. The summed E-state index contributed by atoms with van der Waals surface area (Å²) in [5.41, 5.74) is 0.386. The predicted molar refractivity (Wildman–Crippen MR) is 111 cm³/mol. The summed E-state index contributed by atoms with van der Waals surface area (Å²) in [6.45, 7) is 26.2. The third-order valence-electron chi connectivity index (χ3n) is 6.55. The molecule has 0 aromatic rings. The van der Waals surface area contributed by atoms with Gasteiger partial charge in [0.1, 0.15) is 0 Å². The zero-order chi connectivity index (χ0) is 19.1. The van der Waals surface area contributed by atoms with Crippen molar-refractivity contribution >= 4 is 0 Å². The molecule has 1 nitrogen and oxygen atoms in total. The fraction of sp³-hybridized carbons (Fsp3) is 1.00. The largest absolute Gasteiger partial charge is 0.311 e. The molecule has 0 aliphatic heterocycles. The zero-order valence-electron chi connectivity index (χ0n) is 18.9. The molecule has 146 valence electrons. The van der Waals surface area contributed by atoms with Crippen LogP contribution in [-0.4, -0.2) is 12.1 Å². The third-order valence-corrected chi connectivity index (χ3v) is 6.55. The molecule has 0 rings (SSSR count). The number of nitrogens with one attached hydrogen (secondary N) is 1. The summed E-state index contributed by atoms with van der Waals surface area (Å²) in [6.07, 6.45) is 5.50. The maximum absolute atomic E-state index is 3.90. The molecule has 1 heteroatoms.